The van der Waals surface area contributed by atoms with Crippen LogP contribution in [-0.2, 0) is 11.4 Å². The van der Waals surface area contributed by atoms with E-state index in [4.69, 9.17) is 5.11 Å². The molecule has 1 fully saturated rings. The van der Waals surface area contributed by atoms with Crippen LogP contribution in [0.4, 0.5) is 5.69 Å². The van der Waals surface area contributed by atoms with E-state index in [2.05, 4.69) is 0 Å². The third-order valence-electron chi connectivity index (χ3n) is 3.69. The van der Waals surface area contributed by atoms with Crippen LogP contribution >= 0.6 is 0 Å². The number of aryl methyl sites for hydroxylation is 1. The molecule has 0 atom stereocenters. The molecule has 0 saturated carbocycles. The molecule has 1 N–H and O–H groups in total. The minimum absolute atomic E-state index is 0.0531. The third kappa shape index (κ3) is 3.26. The van der Waals surface area contributed by atoms with E-state index in [1.165, 1.54) is 0 Å². The first-order valence-electron chi connectivity index (χ1n) is 6.81. The zero-order valence-corrected chi connectivity index (χ0v) is 11.7. The Morgan fingerprint density at radius 3 is 2.63 bits per heavy atom. The van der Waals surface area contributed by atoms with Crippen LogP contribution in [0.2, 0.25) is 0 Å². The van der Waals surface area contributed by atoms with Crippen molar-refractivity contribution >= 4 is 11.6 Å². The van der Waals surface area contributed by atoms with Crippen LogP contribution in [0, 0.1) is 6.92 Å². The highest BCUT2D eigenvalue weighted by atomic mass is 16.3. The number of carbonyl (C=O) groups is 1. The number of hydrogen-bond donors (Lipinski definition) is 1. The van der Waals surface area contributed by atoms with E-state index < -0.39 is 0 Å². The Balaban J connectivity index is 2.02. The normalized spacial score (nSPS) is 14.8. The second-order valence-electron chi connectivity index (χ2n) is 5.22. The Morgan fingerprint density at radius 2 is 2.05 bits per heavy atom. The van der Waals surface area contributed by atoms with Crippen molar-refractivity contribution in [3.8, 4) is 0 Å². The lowest BCUT2D eigenvalue weighted by molar-refractivity contribution is -0.128. The summed E-state index contributed by atoms with van der Waals surface area (Å²) < 4.78 is 0. The average molecular weight is 262 g/mol. The highest BCUT2D eigenvalue weighted by Gasteiger charge is 2.19. The molecule has 1 aliphatic heterocycles. The molecular weight excluding hydrogens is 240 g/mol. The summed E-state index contributed by atoms with van der Waals surface area (Å²) in [6.45, 7) is 4.27. The molecule has 4 nitrogen and oxygen atoms in total. The zero-order valence-electron chi connectivity index (χ0n) is 11.7. The van der Waals surface area contributed by atoms with E-state index in [1.54, 1.807) is 0 Å². The Hall–Kier alpha value is -1.55. The molecule has 1 aromatic carbocycles. The van der Waals surface area contributed by atoms with Gasteiger partial charge in [-0.1, -0.05) is 12.1 Å². The van der Waals surface area contributed by atoms with Crippen molar-refractivity contribution in [1.82, 2.24) is 4.90 Å². The number of aliphatic hydroxyl groups is 1. The first kappa shape index (κ1) is 13.9. The standard InChI is InChI=1S/C15H22N2O2/c1-12-9-13(11-18)5-6-14(12)16(2)10-15(19)17-7-3-4-8-17/h5-6,9,18H,3-4,7-8,10-11H2,1-2H3. The summed E-state index contributed by atoms with van der Waals surface area (Å²) in [6, 6.07) is 5.84. The van der Waals surface area contributed by atoms with E-state index in [9.17, 15) is 4.79 Å². The minimum Gasteiger partial charge on any atom is -0.392 e. The van der Waals surface area contributed by atoms with Crippen LogP contribution in [0.25, 0.3) is 0 Å². The second kappa shape index (κ2) is 6.06. The summed E-state index contributed by atoms with van der Waals surface area (Å²) in [5.74, 6) is 0.200. The van der Waals surface area contributed by atoms with Crippen LogP contribution in [0.5, 0.6) is 0 Å². The van der Waals surface area contributed by atoms with E-state index in [-0.39, 0.29) is 12.5 Å². The number of likely N-dealkylation sites (N-methyl/N-ethyl adjacent to an activating group) is 1. The number of anilines is 1. The van der Waals surface area contributed by atoms with Crippen LogP contribution in [0.15, 0.2) is 18.2 Å². The molecule has 0 bridgehead atoms. The molecule has 2 rings (SSSR count). The largest absolute Gasteiger partial charge is 0.392 e. The molecule has 1 amide bonds. The number of likely N-dealkylation sites (tertiary alicyclic amines) is 1. The van der Waals surface area contributed by atoms with Gasteiger partial charge in [0.1, 0.15) is 0 Å². The summed E-state index contributed by atoms with van der Waals surface area (Å²) in [6.07, 6.45) is 2.25. The molecule has 1 saturated heterocycles. The SMILES string of the molecule is Cc1cc(CO)ccc1N(C)CC(=O)N1CCCC1. The molecular formula is C15H22N2O2. The predicted molar refractivity (Wildman–Crippen MR) is 76.2 cm³/mol. The summed E-state index contributed by atoms with van der Waals surface area (Å²) in [7, 11) is 1.94. The van der Waals surface area contributed by atoms with Gasteiger partial charge in [0, 0.05) is 25.8 Å². The van der Waals surface area contributed by atoms with Crippen LogP contribution in [-0.4, -0.2) is 42.6 Å². The number of rotatable bonds is 4. The number of aliphatic hydroxyl groups excluding tert-OH is 1. The minimum atomic E-state index is 0.0531. The summed E-state index contributed by atoms with van der Waals surface area (Å²) in [5.41, 5.74) is 3.04. The van der Waals surface area contributed by atoms with Gasteiger partial charge >= 0.3 is 0 Å². The number of benzene rings is 1. The molecule has 1 aromatic rings. The second-order valence-corrected chi connectivity index (χ2v) is 5.22. The monoisotopic (exact) mass is 262 g/mol. The van der Waals surface area contributed by atoms with Crippen molar-refractivity contribution in [3.05, 3.63) is 29.3 Å². The molecule has 0 aliphatic carbocycles. The first-order chi connectivity index (χ1) is 9.11. The van der Waals surface area contributed by atoms with Gasteiger partial charge in [0.2, 0.25) is 5.91 Å². The number of nitrogens with zero attached hydrogens (tertiary/aromatic N) is 2. The Bertz CT molecular complexity index is 453. The topological polar surface area (TPSA) is 43.8 Å². The smallest absolute Gasteiger partial charge is 0.242 e. The fourth-order valence-electron chi connectivity index (χ4n) is 2.60. The van der Waals surface area contributed by atoms with Crippen molar-refractivity contribution in [3.63, 3.8) is 0 Å². The van der Waals surface area contributed by atoms with Gasteiger partial charge in [0.05, 0.1) is 13.2 Å². The molecule has 0 unspecified atom stereocenters. The van der Waals surface area contributed by atoms with E-state index in [0.29, 0.717) is 6.54 Å². The van der Waals surface area contributed by atoms with Crippen molar-refractivity contribution in [1.29, 1.82) is 0 Å². The Labute approximate surface area is 114 Å². The van der Waals surface area contributed by atoms with Gasteiger partial charge in [-0.2, -0.15) is 0 Å². The number of carbonyl (C=O) groups excluding carboxylic acids is 1. The molecule has 1 aliphatic rings. The van der Waals surface area contributed by atoms with Gasteiger partial charge in [-0.25, -0.2) is 0 Å². The zero-order chi connectivity index (χ0) is 13.8. The lowest BCUT2D eigenvalue weighted by atomic mass is 10.1. The molecule has 19 heavy (non-hydrogen) atoms. The highest BCUT2D eigenvalue weighted by molar-refractivity contribution is 5.81. The van der Waals surface area contributed by atoms with Gasteiger partial charge in [-0.3, -0.25) is 4.79 Å². The molecule has 0 aromatic heterocycles. The Morgan fingerprint density at radius 1 is 1.37 bits per heavy atom. The number of amides is 1. The van der Waals surface area contributed by atoms with Gasteiger partial charge in [0.25, 0.3) is 0 Å². The maximum atomic E-state index is 12.1. The molecule has 0 radical (unpaired) electrons. The maximum Gasteiger partial charge on any atom is 0.242 e. The molecule has 1 heterocycles. The fraction of sp³-hybridized carbons (Fsp3) is 0.533. The summed E-state index contributed by atoms with van der Waals surface area (Å²) >= 11 is 0. The lowest BCUT2D eigenvalue weighted by Crippen LogP contribution is -2.37. The Kier molecular flexibility index (Phi) is 4.43. The lowest BCUT2D eigenvalue weighted by Gasteiger charge is -2.24. The van der Waals surface area contributed by atoms with E-state index >= 15 is 0 Å². The third-order valence-corrected chi connectivity index (χ3v) is 3.69. The van der Waals surface area contributed by atoms with Gasteiger partial charge in [-0.15, -0.1) is 0 Å². The van der Waals surface area contributed by atoms with Crippen LogP contribution < -0.4 is 4.90 Å². The summed E-state index contributed by atoms with van der Waals surface area (Å²) in [4.78, 5) is 16.0. The van der Waals surface area contributed by atoms with Crippen molar-refractivity contribution < 1.29 is 9.90 Å². The first-order valence-corrected chi connectivity index (χ1v) is 6.81. The summed E-state index contributed by atoms with van der Waals surface area (Å²) in [5, 5.41) is 9.11. The molecule has 0 spiro atoms. The van der Waals surface area contributed by atoms with Gasteiger partial charge in [0.15, 0.2) is 0 Å². The van der Waals surface area contributed by atoms with Crippen molar-refractivity contribution in [2.45, 2.75) is 26.4 Å². The predicted octanol–water partition coefficient (Wildman–Crippen LogP) is 1.55. The quantitative estimate of drug-likeness (QED) is 0.895. The molecule has 104 valence electrons. The highest BCUT2D eigenvalue weighted by Crippen LogP contribution is 2.20. The molecule has 4 heteroatoms. The maximum absolute atomic E-state index is 12.1. The van der Waals surface area contributed by atoms with Crippen molar-refractivity contribution in [2.75, 3.05) is 31.6 Å². The van der Waals surface area contributed by atoms with Gasteiger partial charge < -0.3 is 14.9 Å². The van der Waals surface area contributed by atoms with Crippen molar-refractivity contribution in [2.24, 2.45) is 0 Å². The van der Waals surface area contributed by atoms with E-state index in [0.717, 1.165) is 42.7 Å². The van der Waals surface area contributed by atoms with Gasteiger partial charge in [-0.05, 0) is 37.0 Å². The fourth-order valence-corrected chi connectivity index (χ4v) is 2.60. The average Bonchev–Trinajstić information content (AvgIpc) is 2.92. The van der Waals surface area contributed by atoms with Crippen LogP contribution in [0.3, 0.4) is 0 Å². The number of hydrogen-bond acceptors (Lipinski definition) is 3. The van der Waals surface area contributed by atoms with E-state index in [1.807, 2.05) is 42.0 Å². The van der Waals surface area contributed by atoms with Crippen LogP contribution in [0.1, 0.15) is 24.0 Å².